The predicted octanol–water partition coefficient (Wildman–Crippen LogP) is 3.97. The molecule has 3 aromatic rings. The average Bonchev–Trinajstić information content (AvgIpc) is 2.60. The molecule has 5 nitrogen and oxygen atoms in total. The minimum atomic E-state index is -0.129. The molecular weight excluding hydrogens is 360 g/mol. The van der Waals surface area contributed by atoms with Crippen molar-refractivity contribution in [2.24, 2.45) is 0 Å². The van der Waals surface area contributed by atoms with E-state index in [2.05, 4.69) is 4.98 Å². The van der Waals surface area contributed by atoms with E-state index >= 15 is 0 Å². The Morgan fingerprint density at radius 1 is 1.12 bits per heavy atom. The Kier molecular flexibility index (Phi) is 5.11. The van der Waals surface area contributed by atoms with Crippen LogP contribution in [0.4, 0.5) is 0 Å². The first-order valence-electron chi connectivity index (χ1n) is 7.67. The number of nitrogens with one attached hydrogen (secondary N) is 1. The van der Waals surface area contributed by atoms with Crippen LogP contribution >= 0.6 is 23.8 Å². The molecule has 0 unspecified atom stereocenters. The van der Waals surface area contributed by atoms with Gasteiger partial charge in [0.25, 0.3) is 5.56 Å². The van der Waals surface area contributed by atoms with E-state index in [1.54, 1.807) is 37.0 Å². The molecule has 0 saturated heterocycles. The van der Waals surface area contributed by atoms with Crippen LogP contribution in [-0.2, 0) is 13.0 Å². The Morgan fingerprint density at radius 3 is 2.60 bits per heavy atom. The molecule has 0 saturated carbocycles. The number of rotatable bonds is 5. The summed E-state index contributed by atoms with van der Waals surface area (Å²) in [5, 5.41) is 1.12. The number of halogens is 1. The van der Waals surface area contributed by atoms with Crippen molar-refractivity contribution in [3.63, 3.8) is 0 Å². The fraction of sp³-hybridized carbons (Fsp3) is 0.222. The van der Waals surface area contributed by atoms with E-state index in [1.165, 1.54) is 0 Å². The van der Waals surface area contributed by atoms with E-state index in [9.17, 15) is 4.79 Å². The Hall–Kier alpha value is -2.31. The van der Waals surface area contributed by atoms with Crippen molar-refractivity contribution in [2.45, 2.75) is 13.0 Å². The highest BCUT2D eigenvalue weighted by atomic mass is 35.5. The molecule has 0 radical (unpaired) electrons. The lowest BCUT2D eigenvalue weighted by Crippen LogP contribution is -2.23. The zero-order valence-corrected chi connectivity index (χ0v) is 15.4. The number of H-pyrrole nitrogens is 1. The second-order valence-corrected chi connectivity index (χ2v) is 6.34. The molecule has 0 fully saturated rings. The van der Waals surface area contributed by atoms with Crippen molar-refractivity contribution in [3.8, 4) is 11.5 Å². The Balaban J connectivity index is 1.92. The van der Waals surface area contributed by atoms with Gasteiger partial charge in [0, 0.05) is 11.6 Å². The highest BCUT2D eigenvalue weighted by molar-refractivity contribution is 7.71. The van der Waals surface area contributed by atoms with Crippen LogP contribution in [-0.4, -0.2) is 23.8 Å². The second-order valence-electron chi connectivity index (χ2n) is 5.52. The topological polar surface area (TPSA) is 56.2 Å². The quantitative estimate of drug-likeness (QED) is 0.684. The van der Waals surface area contributed by atoms with Gasteiger partial charge in [0.1, 0.15) is 0 Å². The minimum absolute atomic E-state index is 0.129. The van der Waals surface area contributed by atoms with Crippen LogP contribution in [0.5, 0.6) is 11.5 Å². The van der Waals surface area contributed by atoms with E-state index in [0.29, 0.717) is 45.2 Å². The summed E-state index contributed by atoms with van der Waals surface area (Å²) in [6, 6.07) is 10.8. The molecule has 1 N–H and O–H groups in total. The van der Waals surface area contributed by atoms with Gasteiger partial charge in [-0.2, -0.15) is 0 Å². The SMILES string of the molecule is COc1ccc(CCn2c(=S)[nH]c3cc(Cl)ccc3c2=O)cc1OC. The van der Waals surface area contributed by atoms with Crippen LogP contribution in [0.3, 0.4) is 0 Å². The highest BCUT2D eigenvalue weighted by Crippen LogP contribution is 2.27. The number of methoxy groups -OCH3 is 2. The third kappa shape index (κ3) is 3.55. The normalized spacial score (nSPS) is 10.8. The van der Waals surface area contributed by atoms with Crippen molar-refractivity contribution < 1.29 is 9.47 Å². The number of hydrogen-bond acceptors (Lipinski definition) is 4. The average molecular weight is 377 g/mol. The van der Waals surface area contributed by atoms with Gasteiger partial charge in [-0.15, -0.1) is 0 Å². The van der Waals surface area contributed by atoms with Crippen LogP contribution in [0.25, 0.3) is 10.9 Å². The maximum Gasteiger partial charge on any atom is 0.262 e. The summed E-state index contributed by atoms with van der Waals surface area (Å²) >= 11 is 11.3. The van der Waals surface area contributed by atoms with E-state index in [4.69, 9.17) is 33.3 Å². The summed E-state index contributed by atoms with van der Waals surface area (Å²) < 4.78 is 12.5. The molecule has 130 valence electrons. The zero-order chi connectivity index (χ0) is 18.0. The largest absolute Gasteiger partial charge is 0.493 e. The van der Waals surface area contributed by atoms with Gasteiger partial charge in [-0.3, -0.25) is 9.36 Å². The van der Waals surface area contributed by atoms with Crippen LogP contribution in [0.2, 0.25) is 5.02 Å². The monoisotopic (exact) mass is 376 g/mol. The lowest BCUT2D eigenvalue weighted by molar-refractivity contribution is 0.354. The summed E-state index contributed by atoms with van der Waals surface area (Å²) in [4.78, 5) is 15.8. The highest BCUT2D eigenvalue weighted by Gasteiger charge is 2.08. The molecule has 0 bridgehead atoms. The van der Waals surface area contributed by atoms with Crippen molar-refractivity contribution in [2.75, 3.05) is 14.2 Å². The van der Waals surface area contributed by atoms with Gasteiger partial charge in [0.05, 0.1) is 25.1 Å². The maximum absolute atomic E-state index is 12.7. The molecule has 7 heteroatoms. The minimum Gasteiger partial charge on any atom is -0.493 e. The standard InChI is InChI=1S/C18H17ClN2O3S/c1-23-15-6-3-11(9-16(15)24-2)7-8-21-17(22)13-5-4-12(19)10-14(13)20-18(21)25/h3-6,9-10H,7-8H2,1-2H3,(H,20,25). The van der Waals surface area contributed by atoms with E-state index < -0.39 is 0 Å². The summed E-state index contributed by atoms with van der Waals surface area (Å²) in [5.74, 6) is 1.33. The van der Waals surface area contributed by atoms with Gasteiger partial charge < -0.3 is 14.5 Å². The number of fused-ring (bicyclic) bond motifs is 1. The summed E-state index contributed by atoms with van der Waals surface area (Å²) in [6.07, 6.45) is 0.636. The van der Waals surface area contributed by atoms with Gasteiger partial charge >= 0.3 is 0 Å². The first-order valence-corrected chi connectivity index (χ1v) is 8.45. The van der Waals surface area contributed by atoms with E-state index in [1.807, 2.05) is 18.2 Å². The first-order chi connectivity index (χ1) is 12.0. The van der Waals surface area contributed by atoms with E-state index in [-0.39, 0.29) is 5.56 Å². The smallest absolute Gasteiger partial charge is 0.262 e. The molecular formula is C18H17ClN2O3S. The van der Waals surface area contributed by atoms with Crippen LogP contribution < -0.4 is 15.0 Å². The molecule has 0 aliphatic heterocycles. The number of aromatic nitrogens is 2. The number of ether oxygens (including phenoxy) is 2. The van der Waals surface area contributed by atoms with Crippen molar-refractivity contribution in [1.82, 2.24) is 9.55 Å². The molecule has 0 aliphatic rings. The lowest BCUT2D eigenvalue weighted by atomic mass is 10.1. The molecule has 25 heavy (non-hydrogen) atoms. The van der Waals surface area contributed by atoms with Crippen LogP contribution in [0, 0.1) is 4.77 Å². The Labute approximate surface area is 154 Å². The molecule has 2 aromatic carbocycles. The van der Waals surface area contributed by atoms with Gasteiger partial charge in [-0.1, -0.05) is 17.7 Å². The van der Waals surface area contributed by atoms with Gasteiger partial charge in [-0.25, -0.2) is 0 Å². The van der Waals surface area contributed by atoms with Crippen molar-refractivity contribution in [1.29, 1.82) is 0 Å². The molecule has 0 atom stereocenters. The zero-order valence-electron chi connectivity index (χ0n) is 13.8. The summed E-state index contributed by atoms with van der Waals surface area (Å²) in [5.41, 5.74) is 1.54. The fourth-order valence-corrected chi connectivity index (χ4v) is 3.16. The predicted molar refractivity (Wildman–Crippen MR) is 102 cm³/mol. The maximum atomic E-state index is 12.7. The molecule has 0 spiro atoms. The number of benzene rings is 2. The second kappa shape index (κ2) is 7.29. The molecule has 0 amide bonds. The molecule has 3 rings (SSSR count). The number of aryl methyl sites for hydroxylation is 1. The third-order valence-electron chi connectivity index (χ3n) is 4.02. The van der Waals surface area contributed by atoms with Crippen LogP contribution in [0.15, 0.2) is 41.2 Å². The fourth-order valence-electron chi connectivity index (χ4n) is 2.71. The van der Waals surface area contributed by atoms with Gasteiger partial charge in [0.2, 0.25) is 0 Å². The third-order valence-corrected chi connectivity index (χ3v) is 4.57. The number of hydrogen-bond donors (Lipinski definition) is 1. The lowest BCUT2D eigenvalue weighted by Gasteiger charge is -2.11. The summed E-state index contributed by atoms with van der Waals surface area (Å²) in [6.45, 7) is 0.461. The van der Waals surface area contributed by atoms with Crippen molar-refractivity contribution in [3.05, 3.63) is 62.1 Å². The number of aromatic amines is 1. The summed E-state index contributed by atoms with van der Waals surface area (Å²) in [7, 11) is 3.19. The molecule has 0 aliphatic carbocycles. The van der Waals surface area contributed by atoms with Gasteiger partial charge in [0.15, 0.2) is 16.3 Å². The molecule has 1 heterocycles. The molecule has 1 aromatic heterocycles. The van der Waals surface area contributed by atoms with Crippen LogP contribution in [0.1, 0.15) is 5.56 Å². The Bertz CT molecular complexity index is 1040. The van der Waals surface area contributed by atoms with Gasteiger partial charge in [-0.05, 0) is 54.5 Å². The first kappa shape index (κ1) is 17.5. The number of nitrogens with zero attached hydrogens (tertiary/aromatic N) is 1. The van der Waals surface area contributed by atoms with E-state index in [0.717, 1.165) is 5.56 Å². The Morgan fingerprint density at radius 2 is 1.88 bits per heavy atom. The van der Waals surface area contributed by atoms with Crippen molar-refractivity contribution >= 4 is 34.7 Å².